The first-order chi connectivity index (χ1) is 10.5. The van der Waals surface area contributed by atoms with Crippen LogP contribution in [0.3, 0.4) is 0 Å². The van der Waals surface area contributed by atoms with E-state index in [1.165, 1.54) is 6.92 Å². The van der Waals surface area contributed by atoms with Gasteiger partial charge in [0.15, 0.2) is 5.78 Å². The third-order valence-electron chi connectivity index (χ3n) is 3.36. The highest BCUT2D eigenvalue weighted by Crippen LogP contribution is 2.25. The maximum absolute atomic E-state index is 11.6. The van der Waals surface area contributed by atoms with E-state index in [-0.39, 0.29) is 12.2 Å². The lowest BCUT2D eigenvalue weighted by molar-refractivity contribution is -0.137. The van der Waals surface area contributed by atoms with E-state index < -0.39 is 5.97 Å². The summed E-state index contributed by atoms with van der Waals surface area (Å²) in [4.78, 5) is 22.0. The molecule has 0 spiro atoms. The van der Waals surface area contributed by atoms with Crippen LogP contribution in [0.5, 0.6) is 11.5 Å². The molecule has 0 saturated heterocycles. The van der Waals surface area contributed by atoms with Crippen molar-refractivity contribution >= 4 is 11.8 Å². The summed E-state index contributed by atoms with van der Waals surface area (Å²) in [5, 5.41) is 8.53. The molecule has 0 aromatic heterocycles. The normalized spacial score (nSPS) is 10.3. The monoisotopic (exact) mass is 308 g/mol. The number of carbonyl (C=O) groups excluding carboxylic acids is 1. The Morgan fingerprint density at radius 2 is 1.77 bits per heavy atom. The van der Waals surface area contributed by atoms with Crippen LogP contribution in [-0.2, 0) is 4.79 Å². The average Bonchev–Trinajstić information content (AvgIpc) is 2.49. The summed E-state index contributed by atoms with van der Waals surface area (Å²) in [7, 11) is 1.56. The van der Waals surface area contributed by atoms with Crippen LogP contribution in [0.1, 0.15) is 55.8 Å². The molecule has 1 N–H and O–H groups in total. The molecule has 0 aliphatic heterocycles. The van der Waals surface area contributed by atoms with Gasteiger partial charge in [-0.3, -0.25) is 9.59 Å². The Labute approximate surface area is 131 Å². The summed E-state index contributed by atoms with van der Waals surface area (Å²) in [5.41, 5.74) is 0.529. The number of carbonyl (C=O) groups is 2. The lowest BCUT2D eigenvalue weighted by Gasteiger charge is -2.11. The number of hydrogen-bond donors (Lipinski definition) is 1. The molecule has 0 bridgehead atoms. The number of carboxylic acid groups (broad SMARTS) is 1. The van der Waals surface area contributed by atoms with Crippen molar-refractivity contribution in [3.8, 4) is 11.5 Å². The predicted molar refractivity (Wildman–Crippen MR) is 83.8 cm³/mol. The van der Waals surface area contributed by atoms with Crippen molar-refractivity contribution in [3.05, 3.63) is 23.8 Å². The number of benzene rings is 1. The molecule has 122 valence electrons. The molecule has 1 aromatic carbocycles. The molecule has 0 fully saturated rings. The fourth-order valence-electron chi connectivity index (χ4n) is 2.13. The first kappa shape index (κ1) is 18.0. The van der Waals surface area contributed by atoms with E-state index >= 15 is 0 Å². The lowest BCUT2D eigenvalue weighted by Crippen LogP contribution is -2.03. The molecule has 0 aliphatic carbocycles. The molecule has 1 aromatic rings. The van der Waals surface area contributed by atoms with E-state index in [2.05, 4.69) is 0 Å². The minimum Gasteiger partial charge on any atom is -0.497 e. The zero-order valence-corrected chi connectivity index (χ0v) is 13.3. The van der Waals surface area contributed by atoms with Gasteiger partial charge in [-0.25, -0.2) is 0 Å². The van der Waals surface area contributed by atoms with Gasteiger partial charge < -0.3 is 14.6 Å². The topological polar surface area (TPSA) is 72.8 Å². The Morgan fingerprint density at radius 3 is 2.41 bits per heavy atom. The van der Waals surface area contributed by atoms with Crippen LogP contribution in [0.25, 0.3) is 0 Å². The van der Waals surface area contributed by atoms with Crippen LogP contribution in [-0.4, -0.2) is 30.6 Å². The standard InChI is InChI=1S/C17H24O5/c1-13(18)15-12-14(21-2)9-10-16(15)22-11-7-5-3-4-6-8-17(19)20/h9-10,12H,3-8,11H2,1-2H3,(H,19,20). The Morgan fingerprint density at radius 1 is 1.09 bits per heavy atom. The summed E-state index contributed by atoms with van der Waals surface area (Å²) in [6, 6.07) is 5.21. The molecule has 22 heavy (non-hydrogen) atoms. The van der Waals surface area contributed by atoms with Gasteiger partial charge in [0.2, 0.25) is 0 Å². The van der Waals surface area contributed by atoms with E-state index in [0.717, 1.165) is 32.1 Å². The molecule has 5 heteroatoms. The van der Waals surface area contributed by atoms with E-state index in [1.807, 2.05) is 0 Å². The number of rotatable bonds is 11. The molecule has 0 amide bonds. The van der Waals surface area contributed by atoms with Crippen molar-refractivity contribution in [2.45, 2.75) is 45.4 Å². The quantitative estimate of drug-likeness (QED) is 0.498. The number of carboxylic acids is 1. The maximum Gasteiger partial charge on any atom is 0.303 e. The van der Waals surface area contributed by atoms with E-state index in [9.17, 15) is 9.59 Å². The molecular formula is C17H24O5. The second kappa shape index (κ2) is 9.82. The first-order valence-corrected chi connectivity index (χ1v) is 7.58. The van der Waals surface area contributed by atoms with Gasteiger partial charge in [0.25, 0.3) is 0 Å². The third kappa shape index (κ3) is 6.61. The second-order valence-electron chi connectivity index (χ2n) is 5.18. The number of hydrogen-bond acceptors (Lipinski definition) is 4. The minimum atomic E-state index is -0.736. The number of ether oxygens (including phenoxy) is 2. The van der Waals surface area contributed by atoms with Crippen LogP contribution in [0.15, 0.2) is 18.2 Å². The molecule has 0 heterocycles. The van der Waals surface area contributed by atoms with Crippen LogP contribution in [0, 0.1) is 0 Å². The Kier molecular flexibility index (Phi) is 8.04. The van der Waals surface area contributed by atoms with Gasteiger partial charge >= 0.3 is 5.97 Å². The molecule has 0 saturated carbocycles. The number of aliphatic carboxylic acids is 1. The van der Waals surface area contributed by atoms with Gasteiger partial charge in [0, 0.05) is 6.42 Å². The number of Topliss-reactive ketones (excluding diaryl/α,β-unsaturated/α-hetero) is 1. The number of ketones is 1. The van der Waals surface area contributed by atoms with Crippen molar-refractivity contribution in [3.63, 3.8) is 0 Å². The Bertz CT molecular complexity index is 496. The van der Waals surface area contributed by atoms with Gasteiger partial charge in [0.1, 0.15) is 11.5 Å². The van der Waals surface area contributed by atoms with Crippen LogP contribution >= 0.6 is 0 Å². The largest absolute Gasteiger partial charge is 0.497 e. The van der Waals surface area contributed by atoms with Gasteiger partial charge in [0.05, 0.1) is 19.3 Å². The van der Waals surface area contributed by atoms with Crippen molar-refractivity contribution in [2.24, 2.45) is 0 Å². The predicted octanol–water partition coefficient (Wildman–Crippen LogP) is 3.70. The zero-order chi connectivity index (χ0) is 16.4. The highest BCUT2D eigenvalue weighted by Gasteiger charge is 2.10. The molecule has 0 atom stereocenters. The van der Waals surface area contributed by atoms with E-state index in [4.69, 9.17) is 14.6 Å². The van der Waals surface area contributed by atoms with Crippen LogP contribution < -0.4 is 9.47 Å². The van der Waals surface area contributed by atoms with Gasteiger partial charge in [-0.15, -0.1) is 0 Å². The summed E-state index contributed by atoms with van der Waals surface area (Å²) in [6.07, 6.45) is 4.77. The molecule has 1 rings (SSSR count). The van der Waals surface area contributed by atoms with Gasteiger partial charge in [-0.2, -0.15) is 0 Å². The van der Waals surface area contributed by atoms with Crippen molar-refractivity contribution in [1.82, 2.24) is 0 Å². The Balaban J connectivity index is 2.30. The molecule has 0 aliphatic rings. The van der Waals surface area contributed by atoms with Crippen molar-refractivity contribution in [1.29, 1.82) is 0 Å². The van der Waals surface area contributed by atoms with E-state index in [0.29, 0.717) is 23.7 Å². The van der Waals surface area contributed by atoms with Crippen molar-refractivity contribution < 1.29 is 24.2 Å². The second-order valence-corrected chi connectivity index (χ2v) is 5.18. The number of unbranched alkanes of at least 4 members (excludes halogenated alkanes) is 4. The lowest BCUT2D eigenvalue weighted by atomic mass is 10.1. The fourth-order valence-corrected chi connectivity index (χ4v) is 2.13. The SMILES string of the molecule is COc1ccc(OCCCCCCCC(=O)O)c(C(C)=O)c1. The molecule has 0 radical (unpaired) electrons. The molecular weight excluding hydrogens is 284 g/mol. The first-order valence-electron chi connectivity index (χ1n) is 7.58. The molecule has 0 unspecified atom stereocenters. The number of methoxy groups -OCH3 is 1. The smallest absolute Gasteiger partial charge is 0.303 e. The summed E-state index contributed by atoms with van der Waals surface area (Å²) >= 11 is 0. The van der Waals surface area contributed by atoms with E-state index in [1.54, 1.807) is 25.3 Å². The van der Waals surface area contributed by atoms with Crippen molar-refractivity contribution in [2.75, 3.05) is 13.7 Å². The summed E-state index contributed by atoms with van der Waals surface area (Å²) in [5.74, 6) is 0.428. The summed E-state index contributed by atoms with van der Waals surface area (Å²) in [6.45, 7) is 2.05. The average molecular weight is 308 g/mol. The fraction of sp³-hybridized carbons (Fsp3) is 0.529. The van der Waals surface area contributed by atoms with Gasteiger partial charge in [-0.05, 0) is 38.0 Å². The van der Waals surface area contributed by atoms with Crippen LogP contribution in [0.4, 0.5) is 0 Å². The van der Waals surface area contributed by atoms with Gasteiger partial charge in [-0.1, -0.05) is 19.3 Å². The minimum absolute atomic E-state index is 0.0532. The summed E-state index contributed by atoms with van der Waals surface area (Å²) < 4.78 is 10.8. The highest BCUT2D eigenvalue weighted by molar-refractivity contribution is 5.97. The molecule has 5 nitrogen and oxygen atoms in total. The third-order valence-corrected chi connectivity index (χ3v) is 3.36. The Hall–Kier alpha value is -2.04. The highest BCUT2D eigenvalue weighted by atomic mass is 16.5. The maximum atomic E-state index is 11.6. The van der Waals surface area contributed by atoms with Crippen LogP contribution in [0.2, 0.25) is 0 Å². The zero-order valence-electron chi connectivity index (χ0n) is 13.3.